The maximum atomic E-state index is 12.4. The number of carbonyl (C=O) groups is 1. The summed E-state index contributed by atoms with van der Waals surface area (Å²) in [5.41, 5.74) is 8.96. The highest BCUT2D eigenvalue weighted by Gasteiger charge is 2.23. The molecule has 0 saturated carbocycles. The summed E-state index contributed by atoms with van der Waals surface area (Å²) in [6, 6.07) is 15.6. The van der Waals surface area contributed by atoms with Crippen LogP contribution in [0.2, 0.25) is 0 Å². The van der Waals surface area contributed by atoms with Crippen LogP contribution in [0.1, 0.15) is 18.4 Å². The van der Waals surface area contributed by atoms with Crippen LogP contribution in [-0.2, 0) is 11.2 Å². The standard InChI is InChI=1S/C20H24N4O2/c1-26-18-10-5-3-8-16(18)23-20(21)22-13-6-11-19(25)24-14-12-15-7-2-4-9-17(15)24/h2-5,7-10H,6,11-14H2,1H3,(H3,21,22,23). The molecule has 0 fully saturated rings. The molecule has 1 heterocycles. The average Bonchev–Trinajstić information content (AvgIpc) is 3.10. The molecule has 0 unspecified atom stereocenters. The number of rotatable bonds is 6. The molecule has 0 aliphatic carbocycles. The number of guanidine groups is 1. The first kappa shape index (κ1) is 17.8. The molecule has 2 aromatic carbocycles. The first-order chi connectivity index (χ1) is 12.7. The van der Waals surface area contributed by atoms with Gasteiger partial charge in [-0.05, 0) is 36.6 Å². The third kappa shape index (κ3) is 4.14. The lowest BCUT2D eigenvalue weighted by Crippen LogP contribution is -2.28. The lowest BCUT2D eigenvalue weighted by molar-refractivity contribution is -0.118. The zero-order chi connectivity index (χ0) is 18.4. The lowest BCUT2D eigenvalue weighted by Gasteiger charge is -2.17. The van der Waals surface area contributed by atoms with E-state index >= 15 is 0 Å². The molecule has 1 aliphatic heterocycles. The highest BCUT2D eigenvalue weighted by atomic mass is 16.5. The molecule has 3 N–H and O–H groups in total. The molecule has 26 heavy (non-hydrogen) atoms. The highest BCUT2D eigenvalue weighted by Crippen LogP contribution is 2.28. The number of methoxy groups -OCH3 is 1. The zero-order valence-corrected chi connectivity index (χ0v) is 14.9. The number of nitrogens with zero attached hydrogens (tertiary/aromatic N) is 2. The van der Waals surface area contributed by atoms with Crippen molar-refractivity contribution in [2.24, 2.45) is 10.7 Å². The predicted molar refractivity (Wildman–Crippen MR) is 105 cm³/mol. The van der Waals surface area contributed by atoms with Crippen molar-refractivity contribution in [3.05, 3.63) is 54.1 Å². The summed E-state index contributed by atoms with van der Waals surface area (Å²) in [5, 5.41) is 3.03. The number of fused-ring (bicyclic) bond motifs is 1. The highest BCUT2D eigenvalue weighted by molar-refractivity contribution is 5.95. The van der Waals surface area contributed by atoms with Crippen LogP contribution >= 0.6 is 0 Å². The number of benzene rings is 2. The fraction of sp³-hybridized carbons (Fsp3) is 0.300. The van der Waals surface area contributed by atoms with Crippen LogP contribution in [0.4, 0.5) is 11.4 Å². The molecule has 0 bridgehead atoms. The Labute approximate surface area is 153 Å². The molecule has 0 radical (unpaired) electrons. The van der Waals surface area contributed by atoms with Gasteiger partial charge in [0.15, 0.2) is 5.96 Å². The summed E-state index contributed by atoms with van der Waals surface area (Å²) in [6.45, 7) is 1.26. The molecule has 1 aliphatic rings. The Morgan fingerprint density at radius 2 is 2.00 bits per heavy atom. The molecule has 136 valence electrons. The topological polar surface area (TPSA) is 80.0 Å². The van der Waals surface area contributed by atoms with E-state index in [1.807, 2.05) is 47.4 Å². The van der Waals surface area contributed by atoms with Gasteiger partial charge >= 0.3 is 0 Å². The number of aliphatic imine (C=N–C) groups is 1. The van der Waals surface area contributed by atoms with Crippen LogP contribution < -0.4 is 20.7 Å². The van der Waals surface area contributed by atoms with Crippen molar-refractivity contribution in [2.45, 2.75) is 19.3 Å². The van der Waals surface area contributed by atoms with E-state index in [0.717, 1.165) is 24.3 Å². The van der Waals surface area contributed by atoms with Gasteiger partial charge in [-0.3, -0.25) is 9.79 Å². The van der Waals surface area contributed by atoms with Gasteiger partial charge in [-0.15, -0.1) is 0 Å². The first-order valence-corrected chi connectivity index (χ1v) is 8.77. The molecule has 2 aromatic rings. The van der Waals surface area contributed by atoms with Gasteiger partial charge in [-0.1, -0.05) is 30.3 Å². The third-order valence-electron chi connectivity index (χ3n) is 4.39. The van der Waals surface area contributed by atoms with E-state index in [4.69, 9.17) is 10.5 Å². The van der Waals surface area contributed by atoms with Crippen molar-refractivity contribution in [3.8, 4) is 5.75 Å². The normalized spacial score (nSPS) is 13.4. The van der Waals surface area contributed by atoms with Crippen LogP contribution in [0.25, 0.3) is 0 Å². The second-order valence-corrected chi connectivity index (χ2v) is 6.12. The van der Waals surface area contributed by atoms with E-state index in [1.54, 1.807) is 7.11 Å². The van der Waals surface area contributed by atoms with Gasteiger partial charge in [-0.25, -0.2) is 0 Å². The fourth-order valence-electron chi connectivity index (χ4n) is 3.09. The third-order valence-corrected chi connectivity index (χ3v) is 4.39. The molecule has 0 spiro atoms. The number of carbonyl (C=O) groups excluding carboxylic acids is 1. The van der Waals surface area contributed by atoms with Crippen LogP contribution in [-0.4, -0.2) is 32.1 Å². The summed E-state index contributed by atoms with van der Waals surface area (Å²) in [4.78, 5) is 18.6. The molecular weight excluding hydrogens is 328 g/mol. The van der Waals surface area contributed by atoms with Crippen molar-refractivity contribution in [3.63, 3.8) is 0 Å². The fourth-order valence-corrected chi connectivity index (χ4v) is 3.09. The number of hydrogen-bond donors (Lipinski definition) is 2. The maximum absolute atomic E-state index is 12.4. The summed E-state index contributed by atoms with van der Waals surface area (Å²) in [6.07, 6.45) is 2.04. The van der Waals surface area contributed by atoms with Crippen LogP contribution in [0.5, 0.6) is 5.75 Å². The van der Waals surface area contributed by atoms with Crippen molar-refractivity contribution < 1.29 is 9.53 Å². The summed E-state index contributed by atoms with van der Waals surface area (Å²) >= 11 is 0. The monoisotopic (exact) mass is 352 g/mol. The summed E-state index contributed by atoms with van der Waals surface area (Å²) in [7, 11) is 1.61. The van der Waals surface area contributed by atoms with Crippen molar-refractivity contribution >= 4 is 23.2 Å². The van der Waals surface area contributed by atoms with E-state index in [2.05, 4.69) is 16.4 Å². The molecule has 0 atom stereocenters. The van der Waals surface area contributed by atoms with Gasteiger partial charge < -0.3 is 20.7 Å². The number of ether oxygens (including phenoxy) is 1. The number of nitrogens with two attached hydrogens (primary N) is 1. The number of para-hydroxylation sites is 3. The van der Waals surface area contributed by atoms with Crippen LogP contribution in [0, 0.1) is 0 Å². The minimum absolute atomic E-state index is 0.140. The number of amides is 1. The molecule has 6 nitrogen and oxygen atoms in total. The minimum atomic E-state index is 0.140. The molecule has 1 amide bonds. The Hall–Kier alpha value is -3.02. The summed E-state index contributed by atoms with van der Waals surface area (Å²) in [5.74, 6) is 1.16. The first-order valence-electron chi connectivity index (χ1n) is 8.77. The van der Waals surface area contributed by atoms with Crippen molar-refractivity contribution in [2.75, 3.05) is 30.4 Å². The van der Waals surface area contributed by atoms with Gasteiger partial charge in [-0.2, -0.15) is 0 Å². The van der Waals surface area contributed by atoms with E-state index < -0.39 is 0 Å². The smallest absolute Gasteiger partial charge is 0.227 e. The van der Waals surface area contributed by atoms with Gasteiger partial charge in [0.25, 0.3) is 0 Å². The second-order valence-electron chi connectivity index (χ2n) is 6.12. The molecule has 0 aromatic heterocycles. The number of anilines is 2. The van der Waals surface area contributed by atoms with Gasteiger partial charge in [0.2, 0.25) is 5.91 Å². The minimum Gasteiger partial charge on any atom is -0.495 e. The van der Waals surface area contributed by atoms with Crippen LogP contribution in [0.15, 0.2) is 53.5 Å². The molecular formula is C20H24N4O2. The van der Waals surface area contributed by atoms with Crippen LogP contribution in [0.3, 0.4) is 0 Å². The largest absolute Gasteiger partial charge is 0.495 e. The quantitative estimate of drug-likeness (QED) is 0.476. The Morgan fingerprint density at radius 1 is 1.23 bits per heavy atom. The lowest BCUT2D eigenvalue weighted by atomic mass is 10.2. The summed E-state index contributed by atoms with van der Waals surface area (Å²) < 4.78 is 5.27. The van der Waals surface area contributed by atoms with E-state index in [0.29, 0.717) is 31.1 Å². The van der Waals surface area contributed by atoms with Crippen molar-refractivity contribution in [1.82, 2.24) is 0 Å². The average molecular weight is 352 g/mol. The molecule has 0 saturated heterocycles. The number of hydrogen-bond acceptors (Lipinski definition) is 3. The Bertz CT molecular complexity index is 804. The van der Waals surface area contributed by atoms with Gasteiger partial charge in [0.1, 0.15) is 5.75 Å². The Balaban J connectivity index is 1.48. The maximum Gasteiger partial charge on any atom is 0.227 e. The SMILES string of the molecule is COc1ccccc1NC(N)=NCCCC(=O)N1CCc2ccccc21. The van der Waals surface area contributed by atoms with Gasteiger partial charge in [0, 0.05) is 25.2 Å². The molecule has 6 heteroatoms. The predicted octanol–water partition coefficient (Wildman–Crippen LogP) is 2.79. The second kappa shape index (κ2) is 8.38. The molecule has 3 rings (SSSR count). The zero-order valence-electron chi connectivity index (χ0n) is 14.9. The Morgan fingerprint density at radius 3 is 2.85 bits per heavy atom. The van der Waals surface area contributed by atoms with E-state index in [9.17, 15) is 4.79 Å². The van der Waals surface area contributed by atoms with Gasteiger partial charge in [0.05, 0.1) is 12.8 Å². The Kier molecular flexibility index (Phi) is 5.73. The van der Waals surface area contributed by atoms with Crippen molar-refractivity contribution in [1.29, 1.82) is 0 Å². The number of nitrogens with one attached hydrogen (secondary N) is 1. The van der Waals surface area contributed by atoms with E-state index in [1.165, 1.54) is 5.56 Å². The van der Waals surface area contributed by atoms with E-state index in [-0.39, 0.29) is 5.91 Å².